The highest BCUT2D eigenvalue weighted by Gasteiger charge is 2.22. The molecule has 0 saturated carbocycles. The molecule has 0 radical (unpaired) electrons. The quantitative estimate of drug-likeness (QED) is 0.805. The van der Waals surface area contributed by atoms with Crippen molar-refractivity contribution in [2.45, 2.75) is 31.8 Å². The molecule has 1 aromatic rings. The number of rotatable bonds is 6. The predicted octanol–water partition coefficient (Wildman–Crippen LogP) is 2.80. The van der Waals surface area contributed by atoms with Crippen LogP contribution >= 0.6 is 0 Å². The summed E-state index contributed by atoms with van der Waals surface area (Å²) in [7, 11) is 0. The Morgan fingerprint density at radius 2 is 1.96 bits per heavy atom. The van der Waals surface area contributed by atoms with E-state index in [-0.39, 0.29) is 0 Å². The number of piperazine rings is 1. The highest BCUT2D eigenvalue weighted by molar-refractivity contribution is 5.76. The van der Waals surface area contributed by atoms with Crippen LogP contribution in [0.1, 0.15) is 31.2 Å². The molecule has 4 nitrogen and oxygen atoms in total. The molecule has 2 saturated heterocycles. The molecule has 130 valence electrons. The Balaban J connectivity index is 1.34. The number of nitrogens with zero attached hydrogens (tertiary/aromatic N) is 2. The summed E-state index contributed by atoms with van der Waals surface area (Å²) < 4.78 is 5.60. The lowest BCUT2D eigenvalue weighted by molar-refractivity contribution is -0.133. The maximum absolute atomic E-state index is 12.3. The number of ether oxygens (including phenoxy) is 1. The van der Waals surface area contributed by atoms with E-state index in [1.165, 1.54) is 5.56 Å². The molecular weight excluding hydrogens is 300 g/mol. The first-order valence-corrected chi connectivity index (χ1v) is 9.14. The van der Waals surface area contributed by atoms with Crippen molar-refractivity contribution in [2.24, 2.45) is 0 Å². The van der Waals surface area contributed by atoms with E-state index in [1.54, 1.807) is 0 Å². The highest BCUT2D eigenvalue weighted by atomic mass is 16.5. The Bertz CT molecular complexity index is 530. The number of benzene rings is 1. The van der Waals surface area contributed by atoms with Crippen molar-refractivity contribution in [3.63, 3.8) is 0 Å². The minimum atomic E-state index is 0.296. The van der Waals surface area contributed by atoms with Gasteiger partial charge in [-0.1, -0.05) is 42.5 Å². The van der Waals surface area contributed by atoms with E-state index in [9.17, 15) is 4.79 Å². The molecule has 3 rings (SSSR count). The van der Waals surface area contributed by atoms with E-state index in [1.807, 2.05) is 11.0 Å². The number of amides is 1. The molecule has 24 heavy (non-hydrogen) atoms. The zero-order chi connectivity index (χ0) is 16.6. The third-order valence-corrected chi connectivity index (χ3v) is 4.90. The molecule has 1 amide bonds. The normalized spacial score (nSPS) is 22.3. The van der Waals surface area contributed by atoms with Crippen LogP contribution < -0.4 is 0 Å². The number of hydrogen-bond acceptors (Lipinski definition) is 3. The Labute approximate surface area is 145 Å². The van der Waals surface area contributed by atoms with Gasteiger partial charge in [-0.2, -0.15) is 0 Å². The van der Waals surface area contributed by atoms with Crippen molar-refractivity contribution in [3.8, 4) is 0 Å². The molecule has 2 aliphatic rings. The van der Waals surface area contributed by atoms with Gasteiger partial charge in [0, 0.05) is 45.8 Å². The van der Waals surface area contributed by atoms with Crippen LogP contribution in [0.2, 0.25) is 0 Å². The van der Waals surface area contributed by atoms with Gasteiger partial charge < -0.3 is 9.64 Å². The van der Waals surface area contributed by atoms with Crippen LogP contribution in [0.4, 0.5) is 0 Å². The molecule has 0 spiro atoms. The van der Waals surface area contributed by atoms with Gasteiger partial charge in [-0.15, -0.1) is 0 Å². The standard InChI is InChI=1S/C20H28N2O2/c23-20(11-10-19-9-5-17-24-19)22-15-13-21(14-16-22)12-4-8-18-6-2-1-3-7-18/h1-4,6-8,19H,5,9-17H2/b8-4+/t19-/m1/s1. The molecule has 2 fully saturated rings. The van der Waals surface area contributed by atoms with E-state index in [2.05, 4.69) is 41.3 Å². The maximum Gasteiger partial charge on any atom is 0.222 e. The van der Waals surface area contributed by atoms with Gasteiger partial charge in [-0.3, -0.25) is 9.69 Å². The molecule has 2 heterocycles. The van der Waals surface area contributed by atoms with Crippen LogP contribution in [0, 0.1) is 0 Å². The number of carbonyl (C=O) groups excluding carboxylic acids is 1. The zero-order valence-corrected chi connectivity index (χ0v) is 14.4. The smallest absolute Gasteiger partial charge is 0.222 e. The van der Waals surface area contributed by atoms with Crippen LogP contribution in [-0.4, -0.2) is 61.1 Å². The molecular formula is C20H28N2O2. The lowest BCUT2D eigenvalue weighted by atomic mass is 10.1. The average Bonchev–Trinajstić information content (AvgIpc) is 3.15. The Morgan fingerprint density at radius 3 is 2.67 bits per heavy atom. The first-order chi connectivity index (χ1) is 11.8. The fourth-order valence-corrected chi connectivity index (χ4v) is 3.40. The molecule has 1 atom stereocenters. The van der Waals surface area contributed by atoms with E-state index in [4.69, 9.17) is 4.74 Å². The lowest BCUT2D eigenvalue weighted by Crippen LogP contribution is -2.48. The van der Waals surface area contributed by atoms with Crippen LogP contribution in [0.5, 0.6) is 0 Å². The minimum Gasteiger partial charge on any atom is -0.378 e. The molecule has 1 aromatic carbocycles. The third-order valence-electron chi connectivity index (χ3n) is 4.90. The van der Waals surface area contributed by atoms with Gasteiger partial charge in [0.05, 0.1) is 6.10 Å². The second-order valence-electron chi connectivity index (χ2n) is 6.67. The van der Waals surface area contributed by atoms with Crippen LogP contribution in [0.3, 0.4) is 0 Å². The van der Waals surface area contributed by atoms with Gasteiger partial charge in [-0.05, 0) is 24.8 Å². The van der Waals surface area contributed by atoms with E-state index in [0.29, 0.717) is 18.4 Å². The van der Waals surface area contributed by atoms with Crippen molar-refractivity contribution >= 4 is 12.0 Å². The van der Waals surface area contributed by atoms with Gasteiger partial charge in [-0.25, -0.2) is 0 Å². The Morgan fingerprint density at radius 1 is 1.17 bits per heavy atom. The molecule has 4 heteroatoms. The van der Waals surface area contributed by atoms with Crippen molar-refractivity contribution < 1.29 is 9.53 Å². The molecule has 0 unspecified atom stereocenters. The number of carbonyl (C=O) groups is 1. The van der Waals surface area contributed by atoms with Gasteiger partial charge >= 0.3 is 0 Å². The number of hydrogen-bond donors (Lipinski definition) is 0. The molecule has 0 aromatic heterocycles. The van der Waals surface area contributed by atoms with E-state index >= 15 is 0 Å². The average molecular weight is 328 g/mol. The molecule has 0 N–H and O–H groups in total. The van der Waals surface area contributed by atoms with Gasteiger partial charge in [0.25, 0.3) is 0 Å². The fraction of sp³-hybridized carbons (Fsp3) is 0.550. The van der Waals surface area contributed by atoms with Crippen molar-refractivity contribution in [2.75, 3.05) is 39.3 Å². The van der Waals surface area contributed by atoms with Crippen LogP contribution in [-0.2, 0) is 9.53 Å². The van der Waals surface area contributed by atoms with Gasteiger partial charge in [0.1, 0.15) is 0 Å². The second-order valence-corrected chi connectivity index (χ2v) is 6.67. The van der Waals surface area contributed by atoms with Crippen molar-refractivity contribution in [1.82, 2.24) is 9.80 Å². The summed E-state index contributed by atoms with van der Waals surface area (Å²) in [6.45, 7) is 5.45. The topological polar surface area (TPSA) is 32.8 Å². The Hall–Kier alpha value is -1.65. The van der Waals surface area contributed by atoms with Crippen LogP contribution in [0.25, 0.3) is 6.08 Å². The Kier molecular flexibility index (Phi) is 6.44. The first kappa shape index (κ1) is 17.2. The minimum absolute atomic E-state index is 0.296. The fourth-order valence-electron chi connectivity index (χ4n) is 3.40. The molecule has 2 aliphatic heterocycles. The largest absolute Gasteiger partial charge is 0.378 e. The summed E-state index contributed by atoms with van der Waals surface area (Å²) in [5.74, 6) is 0.296. The third kappa shape index (κ3) is 5.18. The SMILES string of the molecule is O=C(CC[C@H]1CCCO1)N1CCN(C/C=C/c2ccccc2)CC1. The van der Waals surface area contributed by atoms with E-state index in [0.717, 1.165) is 58.6 Å². The monoisotopic (exact) mass is 328 g/mol. The van der Waals surface area contributed by atoms with Crippen molar-refractivity contribution in [3.05, 3.63) is 42.0 Å². The molecule has 0 aliphatic carbocycles. The predicted molar refractivity (Wildman–Crippen MR) is 96.7 cm³/mol. The summed E-state index contributed by atoms with van der Waals surface area (Å²) in [6.07, 6.45) is 8.49. The summed E-state index contributed by atoms with van der Waals surface area (Å²) in [5, 5.41) is 0. The summed E-state index contributed by atoms with van der Waals surface area (Å²) in [6, 6.07) is 10.4. The molecule has 0 bridgehead atoms. The van der Waals surface area contributed by atoms with Gasteiger partial charge in [0.15, 0.2) is 0 Å². The second kappa shape index (κ2) is 9.00. The summed E-state index contributed by atoms with van der Waals surface area (Å²) in [5.41, 5.74) is 1.24. The zero-order valence-electron chi connectivity index (χ0n) is 14.4. The van der Waals surface area contributed by atoms with Gasteiger partial charge in [0.2, 0.25) is 5.91 Å². The van der Waals surface area contributed by atoms with E-state index < -0.39 is 0 Å². The summed E-state index contributed by atoms with van der Waals surface area (Å²) in [4.78, 5) is 16.7. The van der Waals surface area contributed by atoms with Crippen molar-refractivity contribution in [1.29, 1.82) is 0 Å². The maximum atomic E-state index is 12.3. The lowest BCUT2D eigenvalue weighted by Gasteiger charge is -2.34. The first-order valence-electron chi connectivity index (χ1n) is 9.14. The van der Waals surface area contributed by atoms with Crippen LogP contribution in [0.15, 0.2) is 36.4 Å². The summed E-state index contributed by atoms with van der Waals surface area (Å²) >= 11 is 0. The highest BCUT2D eigenvalue weighted by Crippen LogP contribution is 2.17.